The van der Waals surface area contributed by atoms with Crippen molar-refractivity contribution in [2.24, 2.45) is 0 Å². The molecule has 2 aliphatic rings. The lowest BCUT2D eigenvalue weighted by atomic mass is 10.1. The highest BCUT2D eigenvalue weighted by Crippen LogP contribution is 2.32. The molecule has 12 heteroatoms. The number of carbonyl (C=O) groups is 2. The van der Waals surface area contributed by atoms with E-state index in [9.17, 15) is 19.1 Å². The van der Waals surface area contributed by atoms with Crippen LogP contribution in [0.5, 0.6) is 5.75 Å². The molecule has 4 N–H and O–H groups in total. The van der Waals surface area contributed by atoms with E-state index in [2.05, 4.69) is 30.3 Å². The van der Waals surface area contributed by atoms with Crippen LogP contribution >= 0.6 is 0 Å². The number of nitrogens with one attached hydrogen (secondary N) is 1. The summed E-state index contributed by atoms with van der Waals surface area (Å²) in [4.78, 5) is 33.6. The predicted molar refractivity (Wildman–Crippen MR) is 131 cm³/mol. The fraction of sp³-hybridized carbons (Fsp3) is 0.292. The number of nitrogen functional groups attached to an aromatic ring is 1. The standard InChI is InChI=1S/C24H25FN8O3/c25-16-2-3-20(34)17(11-16)18-12-19(23(26)30-29-18)32-9-7-31(8-10-32)14-15-1-4-21(27-13-15)33-6-5-22(35)28-24(33)36/h1-4,11-13,34H,5-10,14H2,(H2,26,30)(H,28,35,36). The minimum atomic E-state index is -0.478. The van der Waals surface area contributed by atoms with E-state index in [0.29, 0.717) is 43.4 Å². The van der Waals surface area contributed by atoms with Gasteiger partial charge in [-0.15, -0.1) is 10.2 Å². The molecule has 5 rings (SSSR count). The number of rotatable bonds is 5. The van der Waals surface area contributed by atoms with Crippen LogP contribution in [0.3, 0.4) is 0 Å². The normalized spacial score (nSPS) is 16.8. The molecule has 2 aliphatic heterocycles. The Morgan fingerprint density at radius 1 is 1.03 bits per heavy atom. The smallest absolute Gasteiger partial charge is 0.329 e. The van der Waals surface area contributed by atoms with Crippen molar-refractivity contribution in [3.63, 3.8) is 0 Å². The number of carbonyl (C=O) groups excluding carboxylic acids is 2. The van der Waals surface area contributed by atoms with Gasteiger partial charge in [-0.1, -0.05) is 6.07 Å². The molecule has 2 saturated heterocycles. The van der Waals surface area contributed by atoms with E-state index in [4.69, 9.17) is 5.73 Å². The summed E-state index contributed by atoms with van der Waals surface area (Å²) in [6, 6.07) is 8.66. The molecule has 3 amide bonds. The zero-order valence-electron chi connectivity index (χ0n) is 19.4. The number of phenolic OH excluding ortho intramolecular Hbond substituents is 1. The van der Waals surface area contributed by atoms with Crippen LogP contribution in [-0.4, -0.2) is 69.8 Å². The van der Waals surface area contributed by atoms with Gasteiger partial charge in [0.1, 0.15) is 17.4 Å². The van der Waals surface area contributed by atoms with Crippen molar-refractivity contribution in [3.05, 3.63) is 54.0 Å². The molecule has 1 aromatic carbocycles. The van der Waals surface area contributed by atoms with Gasteiger partial charge < -0.3 is 15.7 Å². The molecule has 11 nitrogen and oxygen atoms in total. The van der Waals surface area contributed by atoms with Crippen LogP contribution in [0.4, 0.5) is 26.5 Å². The molecule has 0 bridgehead atoms. The van der Waals surface area contributed by atoms with Gasteiger partial charge in [-0.3, -0.25) is 19.9 Å². The number of phenols is 1. The van der Waals surface area contributed by atoms with Crippen LogP contribution in [-0.2, 0) is 11.3 Å². The number of benzene rings is 1. The van der Waals surface area contributed by atoms with Crippen molar-refractivity contribution in [1.29, 1.82) is 0 Å². The first-order valence-corrected chi connectivity index (χ1v) is 11.5. The number of anilines is 3. The van der Waals surface area contributed by atoms with E-state index in [-0.39, 0.29) is 29.5 Å². The van der Waals surface area contributed by atoms with E-state index < -0.39 is 11.8 Å². The number of hydrogen-bond donors (Lipinski definition) is 3. The molecule has 0 atom stereocenters. The Balaban J connectivity index is 1.21. The van der Waals surface area contributed by atoms with Gasteiger partial charge in [0.15, 0.2) is 5.82 Å². The second kappa shape index (κ2) is 9.74. The molecule has 2 fully saturated rings. The Morgan fingerprint density at radius 3 is 2.56 bits per heavy atom. The maximum absolute atomic E-state index is 13.7. The number of hydrogen-bond acceptors (Lipinski definition) is 9. The Morgan fingerprint density at radius 2 is 1.83 bits per heavy atom. The molecule has 36 heavy (non-hydrogen) atoms. The lowest BCUT2D eigenvalue weighted by Gasteiger charge is -2.36. The van der Waals surface area contributed by atoms with Crippen molar-refractivity contribution in [2.45, 2.75) is 13.0 Å². The Kier molecular flexibility index (Phi) is 6.34. The van der Waals surface area contributed by atoms with Crippen molar-refractivity contribution in [1.82, 2.24) is 25.4 Å². The number of aromatic nitrogens is 3. The monoisotopic (exact) mass is 492 g/mol. The molecule has 0 aliphatic carbocycles. The van der Waals surface area contributed by atoms with E-state index in [1.165, 1.54) is 23.1 Å². The van der Waals surface area contributed by atoms with Crippen LogP contribution in [0, 0.1) is 5.82 Å². The Bertz CT molecular complexity index is 1300. The lowest BCUT2D eigenvalue weighted by Crippen LogP contribution is -2.49. The SMILES string of the molecule is Nc1nnc(-c2cc(F)ccc2O)cc1N1CCN(Cc2ccc(N3CCC(=O)NC3=O)nc2)CC1. The minimum Gasteiger partial charge on any atom is -0.507 e. The van der Waals surface area contributed by atoms with Crippen LogP contribution < -0.4 is 20.9 Å². The molecule has 2 aromatic heterocycles. The third kappa shape index (κ3) is 4.89. The number of nitrogens with two attached hydrogens (primary N) is 1. The molecule has 4 heterocycles. The van der Waals surface area contributed by atoms with Crippen molar-refractivity contribution in [2.75, 3.05) is 48.3 Å². The first kappa shape index (κ1) is 23.4. The lowest BCUT2D eigenvalue weighted by molar-refractivity contribution is -0.120. The molecular weight excluding hydrogens is 467 g/mol. The topological polar surface area (TPSA) is 141 Å². The fourth-order valence-corrected chi connectivity index (χ4v) is 4.35. The van der Waals surface area contributed by atoms with Gasteiger partial charge in [0, 0.05) is 57.4 Å². The number of imide groups is 1. The number of pyridine rings is 1. The quantitative estimate of drug-likeness (QED) is 0.486. The molecular formula is C24H25FN8O3. The maximum atomic E-state index is 13.7. The Hall–Kier alpha value is -4.32. The molecule has 186 valence electrons. The summed E-state index contributed by atoms with van der Waals surface area (Å²) in [7, 11) is 0. The zero-order chi connectivity index (χ0) is 25.2. The molecule has 0 unspecified atom stereocenters. The number of piperazine rings is 1. The summed E-state index contributed by atoms with van der Waals surface area (Å²) in [5.74, 6) is -0.0611. The van der Waals surface area contributed by atoms with Crippen molar-refractivity contribution >= 4 is 29.3 Å². The van der Waals surface area contributed by atoms with Gasteiger partial charge in [-0.25, -0.2) is 14.2 Å². The summed E-state index contributed by atoms with van der Waals surface area (Å²) in [5.41, 5.74) is 8.39. The third-order valence-corrected chi connectivity index (χ3v) is 6.29. The van der Waals surface area contributed by atoms with Crippen molar-refractivity contribution < 1.29 is 19.1 Å². The van der Waals surface area contributed by atoms with Crippen molar-refractivity contribution in [3.8, 4) is 17.0 Å². The van der Waals surface area contributed by atoms with Gasteiger partial charge in [0.05, 0.1) is 11.4 Å². The Labute approximate surface area is 206 Å². The first-order chi connectivity index (χ1) is 17.4. The second-order valence-electron chi connectivity index (χ2n) is 8.70. The van der Waals surface area contributed by atoms with E-state index >= 15 is 0 Å². The average molecular weight is 493 g/mol. The van der Waals surface area contributed by atoms with E-state index in [1.54, 1.807) is 18.3 Å². The molecule has 3 aromatic rings. The summed E-state index contributed by atoms with van der Waals surface area (Å²) in [6.07, 6.45) is 2.00. The number of urea groups is 1. The summed E-state index contributed by atoms with van der Waals surface area (Å²) < 4.78 is 13.7. The highest BCUT2D eigenvalue weighted by Gasteiger charge is 2.25. The highest BCUT2D eigenvalue weighted by molar-refractivity contribution is 6.05. The largest absolute Gasteiger partial charge is 0.507 e. The van der Waals surface area contributed by atoms with Gasteiger partial charge in [-0.05, 0) is 35.9 Å². The minimum absolute atomic E-state index is 0.0831. The summed E-state index contributed by atoms with van der Waals surface area (Å²) in [5, 5.41) is 20.5. The third-order valence-electron chi connectivity index (χ3n) is 6.29. The van der Waals surface area contributed by atoms with Gasteiger partial charge in [0.25, 0.3) is 0 Å². The summed E-state index contributed by atoms with van der Waals surface area (Å²) in [6.45, 7) is 3.92. The highest BCUT2D eigenvalue weighted by atomic mass is 19.1. The molecule has 0 saturated carbocycles. The first-order valence-electron chi connectivity index (χ1n) is 11.5. The van der Waals surface area contributed by atoms with Crippen LogP contribution in [0.15, 0.2) is 42.6 Å². The summed E-state index contributed by atoms with van der Waals surface area (Å²) >= 11 is 0. The van der Waals surface area contributed by atoms with Gasteiger partial charge in [-0.2, -0.15) is 0 Å². The average Bonchev–Trinajstić information content (AvgIpc) is 2.87. The van der Waals surface area contributed by atoms with Crippen LogP contribution in [0.25, 0.3) is 11.3 Å². The predicted octanol–water partition coefficient (Wildman–Crippen LogP) is 1.73. The van der Waals surface area contributed by atoms with Gasteiger partial charge >= 0.3 is 6.03 Å². The number of amides is 3. The molecule has 0 radical (unpaired) electrons. The second-order valence-corrected chi connectivity index (χ2v) is 8.70. The van der Waals surface area contributed by atoms with Gasteiger partial charge in [0.2, 0.25) is 5.91 Å². The number of nitrogens with zero attached hydrogens (tertiary/aromatic N) is 6. The number of halogens is 1. The fourth-order valence-electron chi connectivity index (χ4n) is 4.35. The number of aromatic hydroxyl groups is 1. The zero-order valence-corrected chi connectivity index (χ0v) is 19.4. The van der Waals surface area contributed by atoms with E-state index in [1.807, 2.05) is 6.07 Å². The van der Waals surface area contributed by atoms with Crippen LogP contribution in [0.1, 0.15) is 12.0 Å². The van der Waals surface area contributed by atoms with E-state index in [0.717, 1.165) is 18.7 Å². The van der Waals surface area contributed by atoms with Crippen LogP contribution in [0.2, 0.25) is 0 Å². The maximum Gasteiger partial charge on any atom is 0.329 e. The molecule has 0 spiro atoms.